The molecule has 0 aliphatic heterocycles. The molecular formula is C16H20N2. The molecule has 2 rings (SSSR count). The third-order valence-corrected chi connectivity index (χ3v) is 3.95. The van der Waals surface area contributed by atoms with Crippen molar-refractivity contribution in [1.82, 2.24) is 0 Å². The van der Waals surface area contributed by atoms with E-state index in [1.165, 1.54) is 19.3 Å². The molecule has 1 atom stereocenters. The Kier molecular flexibility index (Phi) is 4.15. The normalized spacial score (nSPS) is 20.4. The molecular weight excluding hydrogens is 220 g/mol. The summed E-state index contributed by atoms with van der Waals surface area (Å²) in [5.74, 6) is 0. The third-order valence-electron chi connectivity index (χ3n) is 3.95. The fourth-order valence-electron chi connectivity index (χ4n) is 2.70. The molecule has 0 amide bonds. The highest BCUT2D eigenvalue weighted by Crippen LogP contribution is 2.39. The van der Waals surface area contributed by atoms with Crippen LogP contribution < -0.4 is 0 Å². The maximum absolute atomic E-state index is 9.36. The van der Waals surface area contributed by atoms with Crippen LogP contribution in [0.4, 0.5) is 0 Å². The van der Waals surface area contributed by atoms with Gasteiger partial charge in [0, 0.05) is 11.6 Å². The van der Waals surface area contributed by atoms with E-state index in [1.54, 1.807) is 0 Å². The van der Waals surface area contributed by atoms with E-state index in [9.17, 15) is 5.26 Å². The highest BCUT2D eigenvalue weighted by Gasteiger charge is 2.35. The van der Waals surface area contributed by atoms with Gasteiger partial charge >= 0.3 is 0 Å². The van der Waals surface area contributed by atoms with Crippen molar-refractivity contribution in [2.75, 3.05) is 0 Å². The minimum Gasteiger partial charge on any atom is -0.273 e. The van der Waals surface area contributed by atoms with Gasteiger partial charge in [0.2, 0.25) is 0 Å². The van der Waals surface area contributed by atoms with E-state index in [-0.39, 0.29) is 11.5 Å². The molecule has 1 aliphatic carbocycles. The number of aliphatic imine (C=N–C) groups is 1. The van der Waals surface area contributed by atoms with Gasteiger partial charge in [-0.25, -0.2) is 0 Å². The standard InChI is InChI=1S/C16H20N2/c1-16(10-6-3-7-11-16)15(12-17)18-13-14-8-4-2-5-9-14/h2,4-5,8-9,13,15H,3,6-7,10-11H2,1H3/b18-13-/t15-/m1/s1. The average Bonchev–Trinajstić information content (AvgIpc) is 2.41. The molecule has 1 aromatic carbocycles. The molecule has 2 heteroatoms. The van der Waals surface area contributed by atoms with Crippen LogP contribution in [0.15, 0.2) is 35.3 Å². The molecule has 1 aliphatic rings. The van der Waals surface area contributed by atoms with Crippen molar-refractivity contribution >= 4 is 6.21 Å². The molecule has 94 valence electrons. The molecule has 1 aromatic rings. The Balaban J connectivity index is 2.10. The SMILES string of the molecule is CC1([C@@H](C#N)/N=C\c2ccccc2)CCCCC1. The number of hydrogen-bond acceptors (Lipinski definition) is 2. The summed E-state index contributed by atoms with van der Waals surface area (Å²) >= 11 is 0. The van der Waals surface area contributed by atoms with Crippen LogP contribution >= 0.6 is 0 Å². The number of nitriles is 1. The van der Waals surface area contributed by atoms with Gasteiger partial charge in [0.05, 0.1) is 6.07 Å². The van der Waals surface area contributed by atoms with Crippen LogP contribution in [0.3, 0.4) is 0 Å². The van der Waals surface area contributed by atoms with Crippen molar-refractivity contribution in [3.05, 3.63) is 35.9 Å². The summed E-state index contributed by atoms with van der Waals surface area (Å²) in [6.07, 6.45) is 7.85. The van der Waals surface area contributed by atoms with E-state index >= 15 is 0 Å². The van der Waals surface area contributed by atoms with Gasteiger partial charge < -0.3 is 0 Å². The Morgan fingerprint density at radius 2 is 1.89 bits per heavy atom. The van der Waals surface area contributed by atoms with Crippen LogP contribution in [0.5, 0.6) is 0 Å². The Hall–Kier alpha value is -1.62. The average molecular weight is 240 g/mol. The Morgan fingerprint density at radius 3 is 2.50 bits per heavy atom. The Bertz CT molecular complexity index is 436. The molecule has 0 saturated heterocycles. The lowest BCUT2D eigenvalue weighted by molar-refractivity contribution is 0.197. The van der Waals surface area contributed by atoms with E-state index < -0.39 is 0 Å². The highest BCUT2D eigenvalue weighted by atomic mass is 14.8. The van der Waals surface area contributed by atoms with Crippen LogP contribution in [-0.4, -0.2) is 12.3 Å². The summed E-state index contributed by atoms with van der Waals surface area (Å²) < 4.78 is 0. The summed E-state index contributed by atoms with van der Waals surface area (Å²) in [7, 11) is 0. The Morgan fingerprint density at radius 1 is 1.22 bits per heavy atom. The topological polar surface area (TPSA) is 36.1 Å². The van der Waals surface area contributed by atoms with Crippen LogP contribution in [0, 0.1) is 16.7 Å². The summed E-state index contributed by atoms with van der Waals surface area (Å²) in [6, 6.07) is 12.2. The summed E-state index contributed by atoms with van der Waals surface area (Å²) in [5.41, 5.74) is 1.13. The number of hydrogen-bond donors (Lipinski definition) is 0. The molecule has 0 radical (unpaired) electrons. The van der Waals surface area contributed by atoms with E-state index in [0.29, 0.717) is 0 Å². The number of nitrogens with zero attached hydrogens (tertiary/aromatic N) is 2. The van der Waals surface area contributed by atoms with Gasteiger partial charge in [0.15, 0.2) is 0 Å². The molecule has 0 aromatic heterocycles. The van der Waals surface area contributed by atoms with Crippen LogP contribution in [0.1, 0.15) is 44.6 Å². The first-order valence-corrected chi connectivity index (χ1v) is 6.72. The lowest BCUT2D eigenvalue weighted by Gasteiger charge is -2.35. The maximum atomic E-state index is 9.36. The predicted molar refractivity (Wildman–Crippen MR) is 74.6 cm³/mol. The smallest absolute Gasteiger partial charge is 0.141 e. The van der Waals surface area contributed by atoms with E-state index in [2.05, 4.69) is 18.0 Å². The number of benzene rings is 1. The monoisotopic (exact) mass is 240 g/mol. The van der Waals surface area contributed by atoms with Crippen LogP contribution in [-0.2, 0) is 0 Å². The highest BCUT2D eigenvalue weighted by molar-refractivity contribution is 5.79. The van der Waals surface area contributed by atoms with Crippen LogP contribution in [0.2, 0.25) is 0 Å². The van der Waals surface area contributed by atoms with Crippen molar-refractivity contribution in [3.8, 4) is 6.07 Å². The predicted octanol–water partition coefficient (Wildman–Crippen LogP) is 3.97. The molecule has 0 unspecified atom stereocenters. The van der Waals surface area contributed by atoms with Crippen molar-refractivity contribution in [3.63, 3.8) is 0 Å². The fraction of sp³-hybridized carbons (Fsp3) is 0.500. The lowest BCUT2D eigenvalue weighted by atomic mass is 9.71. The van der Waals surface area contributed by atoms with Gasteiger partial charge in [-0.2, -0.15) is 5.26 Å². The first-order valence-electron chi connectivity index (χ1n) is 6.72. The van der Waals surface area contributed by atoms with Crippen molar-refractivity contribution in [2.24, 2.45) is 10.4 Å². The minimum absolute atomic E-state index is 0.0677. The molecule has 0 bridgehead atoms. The number of rotatable bonds is 3. The summed E-state index contributed by atoms with van der Waals surface area (Å²) in [4.78, 5) is 4.52. The minimum atomic E-state index is -0.210. The summed E-state index contributed by atoms with van der Waals surface area (Å²) in [6.45, 7) is 2.21. The molecule has 2 nitrogen and oxygen atoms in total. The van der Waals surface area contributed by atoms with Gasteiger partial charge in [-0.3, -0.25) is 4.99 Å². The Labute approximate surface area is 109 Å². The van der Waals surface area contributed by atoms with Gasteiger partial charge in [-0.1, -0.05) is 56.5 Å². The molecule has 0 spiro atoms. The second-order valence-electron chi connectivity index (χ2n) is 5.44. The maximum Gasteiger partial charge on any atom is 0.141 e. The molecule has 0 N–H and O–H groups in total. The van der Waals surface area contributed by atoms with Gasteiger partial charge in [0.1, 0.15) is 6.04 Å². The lowest BCUT2D eigenvalue weighted by Crippen LogP contribution is -2.32. The van der Waals surface area contributed by atoms with Gasteiger partial charge in [0.25, 0.3) is 0 Å². The second kappa shape index (κ2) is 5.82. The second-order valence-corrected chi connectivity index (χ2v) is 5.44. The fourth-order valence-corrected chi connectivity index (χ4v) is 2.70. The van der Waals surface area contributed by atoms with Crippen molar-refractivity contribution in [1.29, 1.82) is 5.26 Å². The molecule has 1 saturated carbocycles. The largest absolute Gasteiger partial charge is 0.273 e. The zero-order valence-electron chi connectivity index (χ0n) is 11.0. The van der Waals surface area contributed by atoms with Crippen LogP contribution in [0.25, 0.3) is 0 Å². The van der Waals surface area contributed by atoms with E-state index in [4.69, 9.17) is 0 Å². The molecule has 1 fully saturated rings. The van der Waals surface area contributed by atoms with Crippen molar-refractivity contribution < 1.29 is 0 Å². The zero-order valence-corrected chi connectivity index (χ0v) is 11.0. The van der Waals surface area contributed by atoms with Gasteiger partial charge in [-0.15, -0.1) is 0 Å². The van der Waals surface area contributed by atoms with Gasteiger partial charge in [-0.05, 0) is 18.4 Å². The molecule has 18 heavy (non-hydrogen) atoms. The summed E-state index contributed by atoms with van der Waals surface area (Å²) in [5, 5.41) is 9.36. The first kappa shape index (κ1) is 12.8. The van der Waals surface area contributed by atoms with Crippen molar-refractivity contribution in [2.45, 2.75) is 45.1 Å². The first-order chi connectivity index (χ1) is 8.74. The third kappa shape index (κ3) is 2.98. The van der Waals surface area contributed by atoms with E-state index in [1.807, 2.05) is 36.5 Å². The molecule has 0 heterocycles. The zero-order chi connectivity index (χ0) is 12.8. The van der Waals surface area contributed by atoms with E-state index in [0.717, 1.165) is 18.4 Å². The quantitative estimate of drug-likeness (QED) is 0.736.